The summed E-state index contributed by atoms with van der Waals surface area (Å²) in [7, 11) is 3.52. The molecular weight excluding hydrogens is 200 g/mol. The molecule has 0 aliphatic carbocycles. The van der Waals surface area contributed by atoms with Crippen molar-refractivity contribution in [1.82, 2.24) is 5.32 Å². The Morgan fingerprint density at radius 3 is 2.62 bits per heavy atom. The second-order valence-electron chi connectivity index (χ2n) is 3.65. The molecule has 1 rings (SSSR count). The molecule has 0 aromatic heterocycles. The van der Waals surface area contributed by atoms with E-state index >= 15 is 0 Å². The van der Waals surface area contributed by atoms with E-state index < -0.39 is 0 Å². The zero-order valence-electron chi connectivity index (χ0n) is 10.0. The van der Waals surface area contributed by atoms with Crippen LogP contribution in [0.5, 0.6) is 5.75 Å². The molecule has 86 valence electrons. The quantitative estimate of drug-likeness (QED) is 0.826. The van der Waals surface area contributed by atoms with Gasteiger partial charge in [0.15, 0.2) is 0 Å². The average Bonchev–Trinajstić information content (AvgIpc) is 2.35. The van der Waals surface area contributed by atoms with E-state index in [-0.39, 0.29) is 12.0 Å². The molecule has 2 atom stereocenters. The van der Waals surface area contributed by atoms with Crippen molar-refractivity contribution in [1.29, 1.82) is 5.26 Å². The van der Waals surface area contributed by atoms with Crippen molar-refractivity contribution in [2.75, 3.05) is 14.2 Å². The van der Waals surface area contributed by atoms with Crippen molar-refractivity contribution >= 4 is 0 Å². The molecule has 3 heteroatoms. The second kappa shape index (κ2) is 6.14. The number of hydrogen-bond acceptors (Lipinski definition) is 3. The first-order valence-electron chi connectivity index (χ1n) is 5.48. The number of ether oxygens (including phenoxy) is 1. The van der Waals surface area contributed by atoms with E-state index in [1.54, 1.807) is 7.11 Å². The molecule has 0 aliphatic heterocycles. The molecule has 3 nitrogen and oxygen atoms in total. The van der Waals surface area contributed by atoms with Crippen molar-refractivity contribution in [3.63, 3.8) is 0 Å². The SMILES string of the molecule is CCC(C#N)C(NC)c1ccccc1OC. The van der Waals surface area contributed by atoms with Gasteiger partial charge in [-0.1, -0.05) is 25.1 Å². The van der Waals surface area contributed by atoms with Gasteiger partial charge in [-0.15, -0.1) is 0 Å². The zero-order chi connectivity index (χ0) is 12.0. The molecule has 2 unspecified atom stereocenters. The minimum absolute atomic E-state index is 0.0196. The standard InChI is InChI=1S/C13H18N2O/c1-4-10(9-14)13(15-2)11-7-5-6-8-12(11)16-3/h5-8,10,13,15H,4H2,1-3H3. The van der Waals surface area contributed by atoms with Gasteiger partial charge in [-0.3, -0.25) is 0 Å². The Labute approximate surface area is 97.0 Å². The fourth-order valence-electron chi connectivity index (χ4n) is 1.90. The largest absolute Gasteiger partial charge is 0.496 e. The van der Waals surface area contributed by atoms with Gasteiger partial charge in [0.2, 0.25) is 0 Å². The lowest BCUT2D eigenvalue weighted by molar-refractivity contribution is 0.384. The Balaban J connectivity index is 3.08. The average molecular weight is 218 g/mol. The van der Waals surface area contributed by atoms with Crippen LogP contribution in [-0.4, -0.2) is 14.2 Å². The summed E-state index contributed by atoms with van der Waals surface area (Å²) in [6, 6.07) is 10.2. The van der Waals surface area contributed by atoms with Gasteiger partial charge in [-0.25, -0.2) is 0 Å². The van der Waals surface area contributed by atoms with E-state index in [0.29, 0.717) is 0 Å². The van der Waals surface area contributed by atoms with Crippen LogP contribution in [0.25, 0.3) is 0 Å². The van der Waals surface area contributed by atoms with Crippen LogP contribution < -0.4 is 10.1 Å². The van der Waals surface area contributed by atoms with Gasteiger partial charge < -0.3 is 10.1 Å². The van der Waals surface area contributed by atoms with Gasteiger partial charge in [-0.05, 0) is 19.5 Å². The Bertz CT molecular complexity index is 370. The highest BCUT2D eigenvalue weighted by Gasteiger charge is 2.22. The summed E-state index contributed by atoms with van der Waals surface area (Å²) in [6.45, 7) is 2.02. The highest BCUT2D eigenvalue weighted by atomic mass is 16.5. The van der Waals surface area contributed by atoms with Gasteiger partial charge in [0.25, 0.3) is 0 Å². The maximum Gasteiger partial charge on any atom is 0.123 e. The molecule has 0 amide bonds. The monoisotopic (exact) mass is 218 g/mol. The molecule has 1 N–H and O–H groups in total. The van der Waals surface area contributed by atoms with E-state index in [1.807, 2.05) is 38.2 Å². The van der Waals surface area contributed by atoms with Crippen LogP contribution in [0.1, 0.15) is 24.9 Å². The molecular formula is C13H18N2O. The lowest BCUT2D eigenvalue weighted by Gasteiger charge is -2.22. The number of methoxy groups -OCH3 is 1. The maximum atomic E-state index is 9.12. The molecule has 0 saturated heterocycles. The Hall–Kier alpha value is -1.53. The summed E-state index contributed by atoms with van der Waals surface area (Å²) in [6.07, 6.45) is 0.819. The number of benzene rings is 1. The first kappa shape index (κ1) is 12.5. The molecule has 1 aromatic rings. The Morgan fingerprint density at radius 2 is 2.12 bits per heavy atom. The van der Waals surface area contributed by atoms with Crippen LogP contribution in [0.4, 0.5) is 0 Å². The van der Waals surface area contributed by atoms with Crippen LogP contribution in [0.3, 0.4) is 0 Å². The molecule has 0 spiro atoms. The predicted octanol–water partition coefficient (Wildman–Crippen LogP) is 2.51. The fraction of sp³-hybridized carbons (Fsp3) is 0.462. The van der Waals surface area contributed by atoms with Gasteiger partial charge in [0, 0.05) is 5.56 Å². The molecule has 0 heterocycles. The first-order valence-corrected chi connectivity index (χ1v) is 5.48. The third-order valence-corrected chi connectivity index (χ3v) is 2.79. The van der Waals surface area contributed by atoms with E-state index in [4.69, 9.17) is 10.00 Å². The summed E-state index contributed by atoms with van der Waals surface area (Å²) < 4.78 is 5.32. The lowest BCUT2D eigenvalue weighted by atomic mass is 9.91. The maximum absolute atomic E-state index is 9.12. The molecule has 1 aromatic carbocycles. The number of nitrogens with one attached hydrogen (secondary N) is 1. The number of para-hydroxylation sites is 1. The minimum Gasteiger partial charge on any atom is -0.496 e. The predicted molar refractivity (Wildman–Crippen MR) is 64.2 cm³/mol. The van der Waals surface area contributed by atoms with Crippen molar-refractivity contribution in [3.05, 3.63) is 29.8 Å². The lowest BCUT2D eigenvalue weighted by Crippen LogP contribution is -2.24. The Morgan fingerprint density at radius 1 is 1.44 bits per heavy atom. The minimum atomic E-state index is -0.0405. The number of nitrogens with zero attached hydrogens (tertiary/aromatic N) is 1. The van der Waals surface area contributed by atoms with Crippen LogP contribution in [-0.2, 0) is 0 Å². The summed E-state index contributed by atoms with van der Waals surface area (Å²) in [5, 5.41) is 12.3. The van der Waals surface area contributed by atoms with E-state index in [2.05, 4.69) is 11.4 Å². The first-order chi connectivity index (χ1) is 7.78. The van der Waals surface area contributed by atoms with E-state index in [0.717, 1.165) is 17.7 Å². The third-order valence-electron chi connectivity index (χ3n) is 2.79. The fourth-order valence-corrected chi connectivity index (χ4v) is 1.90. The van der Waals surface area contributed by atoms with Gasteiger partial charge in [-0.2, -0.15) is 5.26 Å². The zero-order valence-corrected chi connectivity index (χ0v) is 10.0. The second-order valence-corrected chi connectivity index (χ2v) is 3.65. The summed E-state index contributed by atoms with van der Waals surface area (Å²) in [4.78, 5) is 0. The number of hydrogen-bond donors (Lipinski definition) is 1. The highest BCUT2D eigenvalue weighted by Crippen LogP contribution is 2.30. The molecule has 0 fully saturated rings. The smallest absolute Gasteiger partial charge is 0.123 e. The van der Waals surface area contributed by atoms with Crippen molar-refractivity contribution in [2.24, 2.45) is 5.92 Å². The van der Waals surface area contributed by atoms with Gasteiger partial charge in [0.1, 0.15) is 5.75 Å². The molecule has 0 saturated carbocycles. The van der Waals surface area contributed by atoms with Crippen molar-refractivity contribution in [2.45, 2.75) is 19.4 Å². The Kier molecular flexibility index (Phi) is 4.81. The van der Waals surface area contributed by atoms with Gasteiger partial charge in [0.05, 0.1) is 25.1 Å². The van der Waals surface area contributed by atoms with Crippen LogP contribution in [0, 0.1) is 17.2 Å². The number of rotatable bonds is 5. The van der Waals surface area contributed by atoms with Gasteiger partial charge >= 0.3 is 0 Å². The summed E-state index contributed by atoms with van der Waals surface area (Å²) in [5.41, 5.74) is 1.04. The van der Waals surface area contributed by atoms with Crippen LogP contribution >= 0.6 is 0 Å². The topological polar surface area (TPSA) is 45.0 Å². The summed E-state index contributed by atoms with van der Waals surface area (Å²) in [5.74, 6) is 0.789. The molecule has 0 radical (unpaired) electrons. The van der Waals surface area contributed by atoms with Crippen LogP contribution in [0.2, 0.25) is 0 Å². The van der Waals surface area contributed by atoms with Crippen LogP contribution in [0.15, 0.2) is 24.3 Å². The molecule has 0 aliphatic rings. The van der Waals surface area contributed by atoms with Crippen molar-refractivity contribution < 1.29 is 4.74 Å². The molecule has 16 heavy (non-hydrogen) atoms. The van der Waals surface area contributed by atoms with E-state index in [9.17, 15) is 0 Å². The van der Waals surface area contributed by atoms with Crippen molar-refractivity contribution in [3.8, 4) is 11.8 Å². The van der Waals surface area contributed by atoms with E-state index in [1.165, 1.54) is 0 Å². The normalized spacial score (nSPS) is 13.9. The number of nitriles is 1. The highest BCUT2D eigenvalue weighted by molar-refractivity contribution is 5.36. The third kappa shape index (κ3) is 2.53. The molecule has 0 bridgehead atoms. The summed E-state index contributed by atoms with van der Waals surface area (Å²) >= 11 is 0.